The first kappa shape index (κ1) is 25.1. The predicted octanol–water partition coefficient (Wildman–Crippen LogP) is 6.43. The molecule has 0 radical (unpaired) electrons. The summed E-state index contributed by atoms with van der Waals surface area (Å²) in [4.78, 5) is 12.6. The minimum Gasteiger partial charge on any atom is -0.505 e. The maximum Gasteiger partial charge on any atom is 0.296 e. The van der Waals surface area contributed by atoms with E-state index < -0.39 is 26.7 Å². The number of amides is 1. The van der Waals surface area contributed by atoms with Crippen molar-refractivity contribution in [1.29, 1.82) is 0 Å². The fourth-order valence-corrected chi connectivity index (χ4v) is 4.72. The van der Waals surface area contributed by atoms with Crippen LogP contribution < -0.4 is 10.1 Å². The Labute approximate surface area is 211 Å². The van der Waals surface area contributed by atoms with Crippen molar-refractivity contribution in [1.82, 2.24) is 0 Å². The molecular formula is C25H20ClN3O6S. The van der Waals surface area contributed by atoms with Gasteiger partial charge < -0.3 is 15.2 Å². The van der Waals surface area contributed by atoms with E-state index in [0.29, 0.717) is 27.8 Å². The highest BCUT2D eigenvalue weighted by Gasteiger charge is 2.22. The first-order valence-corrected chi connectivity index (χ1v) is 12.3. The summed E-state index contributed by atoms with van der Waals surface area (Å²) < 4.78 is 38.7. The molecule has 0 aliphatic heterocycles. The molecule has 0 aliphatic rings. The van der Waals surface area contributed by atoms with Gasteiger partial charge in [0.1, 0.15) is 22.0 Å². The number of para-hydroxylation sites is 2. The first-order chi connectivity index (χ1) is 17.1. The molecule has 4 rings (SSSR count). The topological polar surface area (TPSA) is 138 Å². The van der Waals surface area contributed by atoms with Gasteiger partial charge >= 0.3 is 0 Å². The molecule has 0 heterocycles. The van der Waals surface area contributed by atoms with Crippen molar-refractivity contribution in [2.45, 2.75) is 11.8 Å². The van der Waals surface area contributed by atoms with Gasteiger partial charge in [-0.15, -0.1) is 10.2 Å². The zero-order valence-corrected chi connectivity index (χ0v) is 20.6. The maximum atomic E-state index is 13.1. The molecule has 0 fully saturated rings. The second-order valence-corrected chi connectivity index (χ2v) is 9.56. The van der Waals surface area contributed by atoms with E-state index in [9.17, 15) is 22.9 Å². The Bertz CT molecular complexity index is 1640. The number of fused-ring (bicyclic) bond motifs is 1. The van der Waals surface area contributed by atoms with Crippen LogP contribution >= 0.6 is 11.6 Å². The highest BCUT2D eigenvalue weighted by molar-refractivity contribution is 7.86. The molecule has 9 nitrogen and oxygen atoms in total. The van der Waals surface area contributed by atoms with E-state index in [1.807, 2.05) is 0 Å². The van der Waals surface area contributed by atoms with Crippen molar-refractivity contribution in [3.8, 4) is 11.5 Å². The van der Waals surface area contributed by atoms with Crippen molar-refractivity contribution in [3.63, 3.8) is 0 Å². The lowest BCUT2D eigenvalue weighted by Gasteiger charge is -2.13. The molecule has 0 aromatic heterocycles. The van der Waals surface area contributed by atoms with Crippen molar-refractivity contribution >= 4 is 55.5 Å². The minimum atomic E-state index is -4.67. The number of benzene rings is 4. The van der Waals surface area contributed by atoms with Gasteiger partial charge in [0.05, 0.1) is 23.4 Å². The molecule has 11 heteroatoms. The second-order valence-electron chi connectivity index (χ2n) is 7.77. The fourth-order valence-electron chi connectivity index (χ4n) is 3.63. The van der Waals surface area contributed by atoms with E-state index in [2.05, 4.69) is 15.5 Å². The van der Waals surface area contributed by atoms with E-state index in [0.717, 1.165) is 0 Å². The molecule has 0 spiro atoms. The number of hydrogen-bond acceptors (Lipinski definition) is 7. The lowest BCUT2D eigenvalue weighted by molar-refractivity contribution is 0.102. The number of carbonyl (C=O) groups is 1. The number of aromatic hydroxyl groups is 1. The van der Waals surface area contributed by atoms with Crippen LogP contribution in [0.15, 0.2) is 81.9 Å². The normalized spacial score (nSPS) is 11.7. The number of phenolic OH excluding ortho intramolecular Hbond substituents is 1. The zero-order chi connectivity index (χ0) is 26.0. The van der Waals surface area contributed by atoms with Crippen LogP contribution in [0.3, 0.4) is 0 Å². The summed E-state index contributed by atoms with van der Waals surface area (Å²) in [5.74, 6) is -0.689. The summed E-state index contributed by atoms with van der Waals surface area (Å²) in [5.41, 5.74) is 0.381. The van der Waals surface area contributed by atoms with Gasteiger partial charge in [-0.2, -0.15) is 8.42 Å². The third-order valence-electron chi connectivity index (χ3n) is 5.30. The summed E-state index contributed by atoms with van der Waals surface area (Å²) in [6.45, 7) is 1.60. The Hall–Kier alpha value is -3.99. The van der Waals surface area contributed by atoms with E-state index in [1.54, 1.807) is 55.5 Å². The van der Waals surface area contributed by atoms with Gasteiger partial charge in [-0.3, -0.25) is 9.35 Å². The van der Waals surface area contributed by atoms with E-state index in [-0.39, 0.29) is 22.0 Å². The number of azo groups is 1. The summed E-state index contributed by atoms with van der Waals surface area (Å²) in [6, 6.07) is 17.8. The number of anilines is 1. The molecule has 0 aliphatic carbocycles. The number of hydrogen-bond donors (Lipinski definition) is 3. The van der Waals surface area contributed by atoms with Gasteiger partial charge in [0.25, 0.3) is 16.0 Å². The van der Waals surface area contributed by atoms with Gasteiger partial charge in [0.2, 0.25) is 0 Å². The van der Waals surface area contributed by atoms with E-state index in [4.69, 9.17) is 16.3 Å². The van der Waals surface area contributed by atoms with E-state index in [1.165, 1.54) is 25.3 Å². The number of rotatable bonds is 6. The molecule has 0 atom stereocenters. The highest BCUT2D eigenvalue weighted by Crippen LogP contribution is 2.41. The smallest absolute Gasteiger partial charge is 0.296 e. The van der Waals surface area contributed by atoms with Crippen molar-refractivity contribution in [2.24, 2.45) is 10.2 Å². The number of methoxy groups -OCH3 is 1. The van der Waals surface area contributed by atoms with Gasteiger partial charge in [-0.05, 0) is 48.2 Å². The fraction of sp³-hybridized carbons (Fsp3) is 0.0800. The lowest BCUT2D eigenvalue weighted by Crippen LogP contribution is -2.13. The maximum absolute atomic E-state index is 13.1. The average Bonchev–Trinajstić information content (AvgIpc) is 2.83. The van der Waals surface area contributed by atoms with Gasteiger partial charge in [-0.1, -0.05) is 48.0 Å². The number of phenols is 1. The molecule has 184 valence electrons. The highest BCUT2D eigenvalue weighted by atomic mass is 35.5. The van der Waals surface area contributed by atoms with Crippen LogP contribution in [0.2, 0.25) is 5.02 Å². The number of carbonyl (C=O) groups excluding carboxylic acids is 1. The Balaban J connectivity index is 1.86. The summed E-state index contributed by atoms with van der Waals surface area (Å²) >= 11 is 6.20. The molecular weight excluding hydrogens is 506 g/mol. The lowest BCUT2D eigenvalue weighted by atomic mass is 10.0. The second kappa shape index (κ2) is 9.94. The van der Waals surface area contributed by atoms with Crippen LogP contribution in [-0.2, 0) is 10.1 Å². The average molecular weight is 526 g/mol. The largest absolute Gasteiger partial charge is 0.505 e. The molecule has 0 unspecified atom stereocenters. The quantitative estimate of drug-likeness (QED) is 0.196. The molecule has 4 aromatic rings. The molecule has 0 saturated heterocycles. The van der Waals surface area contributed by atoms with E-state index >= 15 is 0 Å². The number of halogens is 1. The minimum absolute atomic E-state index is 0.0692. The zero-order valence-electron chi connectivity index (χ0n) is 19.1. The van der Waals surface area contributed by atoms with Gasteiger partial charge in [0.15, 0.2) is 5.75 Å². The van der Waals surface area contributed by atoms with Gasteiger partial charge in [-0.25, -0.2) is 0 Å². The monoisotopic (exact) mass is 525 g/mol. The van der Waals surface area contributed by atoms with Crippen LogP contribution in [0.5, 0.6) is 11.5 Å². The first-order valence-electron chi connectivity index (χ1n) is 10.5. The van der Waals surface area contributed by atoms with Crippen LogP contribution in [0.1, 0.15) is 15.9 Å². The SMILES string of the molecule is COc1ccccc1NC(=O)c1cc2ccccc2c(N=Nc2c(Cl)cc(C)cc2S(=O)(=O)O)c1O. The molecule has 0 saturated carbocycles. The summed E-state index contributed by atoms with van der Waals surface area (Å²) in [5, 5.41) is 22.7. The Morgan fingerprint density at radius 3 is 2.39 bits per heavy atom. The van der Waals surface area contributed by atoms with Crippen LogP contribution in [0.25, 0.3) is 10.8 Å². The number of nitrogens with one attached hydrogen (secondary N) is 1. The molecule has 36 heavy (non-hydrogen) atoms. The molecule has 1 amide bonds. The number of nitrogens with zero attached hydrogens (tertiary/aromatic N) is 2. The summed E-state index contributed by atoms with van der Waals surface area (Å²) in [6.07, 6.45) is 0. The van der Waals surface area contributed by atoms with Crippen molar-refractivity contribution in [2.75, 3.05) is 12.4 Å². The van der Waals surface area contributed by atoms with Gasteiger partial charge in [0, 0.05) is 5.39 Å². The summed E-state index contributed by atoms with van der Waals surface area (Å²) in [7, 11) is -3.21. The van der Waals surface area contributed by atoms with Crippen molar-refractivity contribution < 1.29 is 27.6 Å². The van der Waals surface area contributed by atoms with Crippen molar-refractivity contribution in [3.05, 3.63) is 82.9 Å². The molecule has 4 aromatic carbocycles. The standard InChI is InChI=1S/C25H20ClN3O6S/c1-14-11-18(26)23(21(12-14)36(32,33)34)29-28-22-16-8-4-3-7-15(16)13-17(24(22)30)25(31)27-19-9-5-6-10-20(19)35-2/h3-13,30H,1-2H3,(H,27,31)(H,32,33,34). The molecule has 3 N–H and O–H groups in total. The Morgan fingerprint density at radius 2 is 1.67 bits per heavy atom. The Kier molecular flexibility index (Phi) is 6.93. The van der Waals surface area contributed by atoms with Crippen LogP contribution in [0, 0.1) is 6.92 Å². The number of ether oxygens (including phenoxy) is 1. The predicted molar refractivity (Wildman–Crippen MR) is 137 cm³/mol. The molecule has 0 bridgehead atoms. The van der Waals surface area contributed by atoms with Crippen LogP contribution in [-0.4, -0.2) is 31.1 Å². The van der Waals surface area contributed by atoms with Crippen LogP contribution in [0.4, 0.5) is 17.1 Å². The third-order valence-corrected chi connectivity index (χ3v) is 6.45. The third kappa shape index (κ3) is 5.01. The number of aryl methyl sites for hydroxylation is 1. The Morgan fingerprint density at radius 1 is 1.00 bits per heavy atom.